The molecule has 7 N–H and O–H groups in total. The zero-order valence-electron chi connectivity index (χ0n) is 25.5. The van der Waals surface area contributed by atoms with Gasteiger partial charge >= 0.3 is 6.18 Å². The number of carbonyl (C=O) groups excluding carboxylic acids is 3. The van der Waals surface area contributed by atoms with Crippen LogP contribution >= 0.6 is 9.55 Å². The number of methoxy groups -OCH3 is 1. The molecule has 1 fully saturated rings. The number of alkyl halides is 3. The van der Waals surface area contributed by atoms with Crippen molar-refractivity contribution in [3.63, 3.8) is 0 Å². The highest BCUT2D eigenvalue weighted by Gasteiger charge is 2.64. The second kappa shape index (κ2) is 13.2. The van der Waals surface area contributed by atoms with Crippen molar-refractivity contribution >= 4 is 32.8 Å². The molecule has 2 aromatic carbocycles. The number of ketones is 2. The van der Waals surface area contributed by atoms with Crippen LogP contribution < -0.4 is 15.8 Å². The molecule has 2 aromatic rings. The lowest BCUT2D eigenvalue weighted by atomic mass is 9.57. The van der Waals surface area contributed by atoms with Crippen molar-refractivity contribution in [2.24, 2.45) is 17.6 Å². The Balaban J connectivity index is 0.00000245. The lowest BCUT2D eigenvalue weighted by Gasteiger charge is -2.50. The van der Waals surface area contributed by atoms with Crippen molar-refractivity contribution in [3.05, 3.63) is 63.9 Å². The fourth-order valence-corrected chi connectivity index (χ4v) is 6.92. The summed E-state index contributed by atoms with van der Waals surface area (Å²) in [7, 11) is 5.34. The smallest absolute Gasteiger partial charge is 0.401 e. The Morgan fingerprint density at radius 2 is 1.79 bits per heavy atom. The summed E-state index contributed by atoms with van der Waals surface area (Å²) in [5.41, 5.74) is 3.05. The molecule has 11 nitrogen and oxygen atoms in total. The zero-order chi connectivity index (χ0) is 35.2. The Morgan fingerprint density at radius 3 is 2.36 bits per heavy atom. The molecule has 3 aliphatic rings. The molecular weight excluding hydrogens is 649 g/mol. The number of aromatic hydroxyl groups is 1. The van der Waals surface area contributed by atoms with Crippen LogP contribution in [0.3, 0.4) is 0 Å². The molecule has 5 atom stereocenters. The molecule has 0 spiro atoms. The Kier molecular flexibility index (Phi) is 10.1. The number of ether oxygens (including phenoxy) is 1. The summed E-state index contributed by atoms with van der Waals surface area (Å²) < 4.78 is 53.1. The summed E-state index contributed by atoms with van der Waals surface area (Å²) >= 11 is 0. The number of aliphatic hydroxyl groups excluding tert-OH is 2. The van der Waals surface area contributed by atoms with Gasteiger partial charge in [0.1, 0.15) is 28.6 Å². The minimum atomic E-state index is -4.40. The van der Waals surface area contributed by atoms with E-state index >= 15 is 0 Å². The van der Waals surface area contributed by atoms with Gasteiger partial charge in [-0.1, -0.05) is 12.1 Å². The number of benzene rings is 2. The number of carbonyl (C=O) groups is 3. The molecule has 0 bridgehead atoms. The summed E-state index contributed by atoms with van der Waals surface area (Å²) in [6.07, 6.45) is -4.48. The van der Waals surface area contributed by atoms with Crippen LogP contribution in [-0.2, 0) is 27.3 Å². The van der Waals surface area contributed by atoms with E-state index in [-0.39, 0.29) is 30.5 Å². The van der Waals surface area contributed by atoms with Gasteiger partial charge in [-0.05, 0) is 67.7 Å². The first-order valence-electron chi connectivity index (χ1n) is 14.2. The van der Waals surface area contributed by atoms with Crippen molar-refractivity contribution in [2.75, 3.05) is 27.7 Å². The Hall–Kier alpha value is -4.04. The molecule has 0 saturated heterocycles. The van der Waals surface area contributed by atoms with Crippen LogP contribution in [0.25, 0.3) is 16.9 Å². The highest BCUT2D eigenvalue weighted by atomic mass is 31.1. The van der Waals surface area contributed by atoms with Crippen molar-refractivity contribution in [2.45, 2.75) is 37.2 Å². The van der Waals surface area contributed by atoms with Crippen LogP contribution in [0.4, 0.5) is 17.4 Å². The van der Waals surface area contributed by atoms with E-state index in [1.165, 1.54) is 32.2 Å². The predicted octanol–water partition coefficient (Wildman–Crippen LogP) is 3.04. The van der Waals surface area contributed by atoms with E-state index in [9.17, 15) is 52.2 Å². The number of rotatable bonds is 7. The number of phenolic OH excluding ortho intramolecular Hbond substituents is 1. The number of nitrogens with two attached hydrogens (primary N) is 1. The number of nitrogens with one attached hydrogen (secondary N) is 1. The summed E-state index contributed by atoms with van der Waals surface area (Å²) in [6, 6.07) is 6.38. The van der Waals surface area contributed by atoms with Gasteiger partial charge in [0.05, 0.1) is 34.8 Å². The first-order chi connectivity index (χ1) is 22.0. The molecule has 1 saturated carbocycles. The maximum atomic E-state index is 14.0. The molecule has 0 aromatic heterocycles. The minimum absolute atomic E-state index is 0.0258. The van der Waals surface area contributed by atoms with Gasteiger partial charge in [0.2, 0.25) is 5.78 Å². The molecule has 1 amide bonds. The zero-order valence-corrected chi connectivity index (χ0v) is 26.6. The van der Waals surface area contributed by atoms with E-state index < -0.39 is 76.5 Å². The second-order valence-electron chi connectivity index (χ2n) is 11.7. The van der Waals surface area contributed by atoms with Crippen LogP contribution in [-0.4, -0.2) is 88.4 Å². The number of nitrogens with zero attached hydrogens (tertiary/aromatic N) is 1. The molecule has 254 valence electrons. The maximum Gasteiger partial charge on any atom is 0.401 e. The Bertz CT molecular complexity index is 1690. The van der Waals surface area contributed by atoms with Gasteiger partial charge in [0, 0.05) is 23.6 Å². The van der Waals surface area contributed by atoms with Gasteiger partial charge in [-0.3, -0.25) is 19.3 Å². The number of likely N-dealkylation sites (N-methyl/N-ethyl adjacent to an activating group) is 1. The van der Waals surface area contributed by atoms with Crippen molar-refractivity contribution in [1.29, 1.82) is 0 Å². The van der Waals surface area contributed by atoms with Gasteiger partial charge in [0.25, 0.3) is 5.91 Å². The van der Waals surface area contributed by atoms with Crippen molar-refractivity contribution in [1.82, 2.24) is 10.2 Å². The molecule has 0 heterocycles. The number of phenols is 1. The number of Topliss-reactive ketones (excluding diaryl/α,β-unsaturated/α-hetero) is 2. The quantitative estimate of drug-likeness (QED) is 0.144. The average molecular weight is 684 g/mol. The van der Waals surface area contributed by atoms with Gasteiger partial charge in [-0.25, -0.2) is 4.20 Å². The molecule has 5 rings (SSSR count). The van der Waals surface area contributed by atoms with Gasteiger partial charge in [-0.15, -0.1) is 0 Å². The number of hydrogen-bond donors (Lipinski definition) is 6. The molecule has 0 radical (unpaired) electrons. The van der Waals surface area contributed by atoms with Crippen LogP contribution in [0.2, 0.25) is 0 Å². The van der Waals surface area contributed by atoms with E-state index in [1.807, 2.05) is 0 Å². The third kappa shape index (κ3) is 6.08. The van der Waals surface area contributed by atoms with Gasteiger partial charge < -0.3 is 36.2 Å². The predicted molar refractivity (Wildman–Crippen MR) is 165 cm³/mol. The molecular formula is C31H34F4N3O8P. The first-order valence-corrected chi connectivity index (χ1v) is 14.6. The maximum absolute atomic E-state index is 14.0. The van der Waals surface area contributed by atoms with Crippen LogP contribution in [0.1, 0.15) is 23.1 Å². The minimum Gasteiger partial charge on any atom is -0.508 e. The summed E-state index contributed by atoms with van der Waals surface area (Å²) in [6.45, 7) is -1.32. The molecule has 47 heavy (non-hydrogen) atoms. The monoisotopic (exact) mass is 683 g/mol. The molecule has 0 aliphatic heterocycles. The Labute approximate surface area is 269 Å². The normalized spacial score (nSPS) is 23.9. The molecule has 2 unspecified atom stereocenters. The van der Waals surface area contributed by atoms with E-state index in [1.54, 1.807) is 24.3 Å². The first kappa shape index (κ1) is 35.8. The SMILES string of the molecule is COc1ccc(CNCC(F)(F)F)cc1-c1ccc(O)c2c1C[C@H]1C[C@H]3C(N(C)C)C(=O)C(C(N)=O)=C(O)[C@@]3(O)C(=O)C1=C2O.FP. The number of hydrogen-bond acceptors (Lipinski definition) is 10. The average Bonchev–Trinajstić information content (AvgIpc) is 2.99. The van der Waals surface area contributed by atoms with E-state index in [0.29, 0.717) is 28.0 Å². The Morgan fingerprint density at radius 1 is 1.13 bits per heavy atom. The van der Waals surface area contributed by atoms with Crippen molar-refractivity contribution in [3.8, 4) is 22.6 Å². The lowest BCUT2D eigenvalue weighted by Crippen LogP contribution is -2.65. The number of halogens is 4. The molecule has 16 heteroatoms. The summed E-state index contributed by atoms with van der Waals surface area (Å²) in [5, 5.41) is 47.5. The van der Waals surface area contributed by atoms with Crippen molar-refractivity contribution < 1.29 is 56.9 Å². The third-order valence-electron chi connectivity index (χ3n) is 8.81. The van der Waals surface area contributed by atoms with Crippen LogP contribution in [0, 0.1) is 11.8 Å². The van der Waals surface area contributed by atoms with E-state index in [2.05, 4.69) is 5.32 Å². The fraction of sp³-hybridized carbons (Fsp3) is 0.387. The van der Waals surface area contributed by atoms with Gasteiger partial charge in [0.15, 0.2) is 11.4 Å². The number of fused-ring (bicyclic) bond motifs is 3. The number of amides is 1. The number of primary amides is 1. The largest absolute Gasteiger partial charge is 0.508 e. The topological polar surface area (TPSA) is 183 Å². The second-order valence-corrected chi connectivity index (χ2v) is 11.7. The highest BCUT2D eigenvalue weighted by molar-refractivity contribution is 7.09. The van der Waals surface area contributed by atoms with E-state index in [0.717, 1.165) is 9.55 Å². The fourth-order valence-electron chi connectivity index (χ4n) is 6.92. The summed E-state index contributed by atoms with van der Waals surface area (Å²) in [5.74, 6) is -7.27. The lowest BCUT2D eigenvalue weighted by molar-refractivity contribution is -0.153. The van der Waals surface area contributed by atoms with Crippen LogP contribution in [0.15, 0.2) is 47.2 Å². The third-order valence-corrected chi connectivity index (χ3v) is 8.81. The standard InChI is InChI=1S/C31H32F3N3O8.FH2P/c1-37(2)24-18-10-14-9-17-15(16-8-13(4-7-20(16)45-3)11-36-12-30(32,33)34)5-6-19(38)22(17)25(39)21(14)27(41)31(18,44)28(42)23(26(24)40)29(35)43;1-2/h4-8,14,18,24,36,38-39,42,44H,9-12H2,1-3H3,(H2,35,43);2H2/t14-,18-,24?,31-;/m0./s1. The van der Waals surface area contributed by atoms with Crippen LogP contribution in [0.5, 0.6) is 11.5 Å². The molecule has 3 aliphatic carbocycles. The summed E-state index contributed by atoms with van der Waals surface area (Å²) in [4.78, 5) is 40.9. The highest BCUT2D eigenvalue weighted by Crippen LogP contribution is 2.54. The number of aliphatic hydroxyl groups is 3. The van der Waals surface area contributed by atoms with E-state index in [4.69, 9.17) is 10.5 Å². The van der Waals surface area contributed by atoms with Gasteiger partial charge in [-0.2, -0.15) is 13.2 Å².